The van der Waals surface area contributed by atoms with Crippen LogP contribution in [0.2, 0.25) is 0 Å². The van der Waals surface area contributed by atoms with E-state index < -0.39 is 5.91 Å². The molecule has 17 heavy (non-hydrogen) atoms. The van der Waals surface area contributed by atoms with Crippen molar-refractivity contribution in [3.63, 3.8) is 0 Å². The first-order valence-electron chi connectivity index (χ1n) is 5.08. The first-order valence-corrected chi connectivity index (χ1v) is 5.87. The zero-order valence-electron chi connectivity index (χ0n) is 9.33. The number of amides is 2. The number of nitrogens with one attached hydrogen (secondary N) is 2. The quantitative estimate of drug-likeness (QED) is 0.804. The Balaban J connectivity index is 2.45. The van der Waals surface area contributed by atoms with Gasteiger partial charge in [0.15, 0.2) is 0 Å². The van der Waals surface area contributed by atoms with Crippen molar-refractivity contribution in [2.45, 2.75) is 6.92 Å². The van der Waals surface area contributed by atoms with E-state index in [0.29, 0.717) is 16.6 Å². The molecule has 0 spiro atoms. The Morgan fingerprint density at radius 2 is 2.06 bits per heavy atom. The van der Waals surface area contributed by atoms with Gasteiger partial charge in [-0.1, -0.05) is 12.1 Å². The van der Waals surface area contributed by atoms with Crippen molar-refractivity contribution < 1.29 is 14.4 Å². The van der Waals surface area contributed by atoms with E-state index >= 15 is 0 Å². The van der Waals surface area contributed by atoms with Crippen molar-refractivity contribution in [2.75, 3.05) is 13.2 Å². The van der Waals surface area contributed by atoms with Crippen LogP contribution in [0.25, 0.3) is 0 Å². The van der Waals surface area contributed by atoms with Crippen molar-refractivity contribution in [3.8, 4) is 0 Å². The standard InChI is InChI=1S/C11H13BrN2O3/c1-2-17-14-10(15)7-13-11(16)8-5-3-4-6-9(8)12/h3-6H,2,7H2,1H3,(H,13,16)(H,14,15). The molecule has 0 saturated carbocycles. The van der Waals surface area contributed by atoms with Crippen molar-refractivity contribution in [2.24, 2.45) is 0 Å². The first-order chi connectivity index (χ1) is 8.15. The summed E-state index contributed by atoms with van der Waals surface area (Å²) in [5.74, 6) is -0.712. The molecule has 1 aromatic carbocycles. The second-order valence-corrected chi connectivity index (χ2v) is 3.98. The summed E-state index contributed by atoms with van der Waals surface area (Å²) in [5, 5.41) is 2.49. The number of hydrogen-bond acceptors (Lipinski definition) is 3. The normalized spacial score (nSPS) is 9.76. The van der Waals surface area contributed by atoms with E-state index in [2.05, 4.69) is 26.7 Å². The maximum atomic E-state index is 11.7. The predicted octanol–water partition coefficient (Wildman–Crippen LogP) is 1.25. The number of carbonyl (C=O) groups is 2. The minimum absolute atomic E-state index is 0.125. The molecule has 2 amide bonds. The summed E-state index contributed by atoms with van der Waals surface area (Å²) in [6.07, 6.45) is 0. The highest BCUT2D eigenvalue weighted by Gasteiger charge is 2.10. The van der Waals surface area contributed by atoms with Crippen LogP contribution in [0.1, 0.15) is 17.3 Å². The minimum Gasteiger partial charge on any atom is -0.343 e. The lowest BCUT2D eigenvalue weighted by molar-refractivity contribution is -0.132. The average molecular weight is 301 g/mol. The molecule has 0 aliphatic carbocycles. The van der Waals surface area contributed by atoms with E-state index in [0.717, 1.165) is 0 Å². The molecule has 0 saturated heterocycles. The molecular weight excluding hydrogens is 288 g/mol. The third-order valence-electron chi connectivity index (χ3n) is 1.86. The second kappa shape index (κ2) is 7.03. The third-order valence-corrected chi connectivity index (χ3v) is 2.55. The largest absolute Gasteiger partial charge is 0.343 e. The summed E-state index contributed by atoms with van der Waals surface area (Å²) < 4.78 is 0.683. The van der Waals surface area contributed by atoms with Crippen LogP contribution >= 0.6 is 15.9 Å². The van der Waals surface area contributed by atoms with Gasteiger partial charge in [0.05, 0.1) is 18.7 Å². The molecule has 0 fully saturated rings. The van der Waals surface area contributed by atoms with Gasteiger partial charge in [0.25, 0.3) is 11.8 Å². The molecule has 0 aliphatic rings. The highest BCUT2D eigenvalue weighted by Crippen LogP contribution is 2.15. The molecule has 1 rings (SSSR count). The molecule has 0 bridgehead atoms. The SMILES string of the molecule is CCONC(=O)CNC(=O)c1ccccc1Br. The molecule has 0 radical (unpaired) electrons. The van der Waals surface area contributed by atoms with Crippen LogP contribution in [-0.4, -0.2) is 25.0 Å². The number of benzene rings is 1. The maximum Gasteiger partial charge on any atom is 0.262 e. The van der Waals surface area contributed by atoms with Gasteiger partial charge in [0, 0.05) is 4.47 Å². The highest BCUT2D eigenvalue weighted by atomic mass is 79.9. The van der Waals surface area contributed by atoms with Crippen LogP contribution in [0, 0.1) is 0 Å². The van der Waals surface area contributed by atoms with Crippen LogP contribution in [0.3, 0.4) is 0 Å². The van der Waals surface area contributed by atoms with Gasteiger partial charge in [-0.05, 0) is 35.0 Å². The Bertz CT molecular complexity index is 409. The van der Waals surface area contributed by atoms with E-state index in [9.17, 15) is 9.59 Å². The topological polar surface area (TPSA) is 67.4 Å². The van der Waals surface area contributed by atoms with Gasteiger partial charge in [-0.3, -0.25) is 14.4 Å². The van der Waals surface area contributed by atoms with E-state index in [1.165, 1.54) is 0 Å². The summed E-state index contributed by atoms with van der Waals surface area (Å²) in [4.78, 5) is 27.5. The molecule has 0 aromatic heterocycles. The van der Waals surface area contributed by atoms with Crippen LogP contribution < -0.4 is 10.8 Å². The lowest BCUT2D eigenvalue weighted by Gasteiger charge is -2.07. The number of halogens is 1. The van der Waals surface area contributed by atoms with Crippen molar-refractivity contribution in [3.05, 3.63) is 34.3 Å². The first kappa shape index (κ1) is 13.7. The molecule has 92 valence electrons. The molecular formula is C11H13BrN2O3. The summed E-state index contributed by atoms with van der Waals surface area (Å²) in [6, 6.07) is 6.98. The number of hydroxylamine groups is 1. The summed E-state index contributed by atoms with van der Waals surface area (Å²) in [6.45, 7) is 2.00. The molecule has 2 N–H and O–H groups in total. The number of carbonyl (C=O) groups excluding carboxylic acids is 2. The third kappa shape index (κ3) is 4.54. The van der Waals surface area contributed by atoms with Gasteiger partial charge < -0.3 is 5.32 Å². The fourth-order valence-corrected chi connectivity index (χ4v) is 1.55. The maximum absolute atomic E-state index is 11.7. The van der Waals surface area contributed by atoms with Crippen molar-refractivity contribution >= 4 is 27.7 Å². The lowest BCUT2D eigenvalue weighted by Crippen LogP contribution is -2.37. The molecule has 5 nitrogen and oxygen atoms in total. The highest BCUT2D eigenvalue weighted by molar-refractivity contribution is 9.10. The van der Waals surface area contributed by atoms with Gasteiger partial charge >= 0.3 is 0 Å². The fourth-order valence-electron chi connectivity index (χ4n) is 1.09. The molecule has 0 atom stereocenters. The Kier molecular flexibility index (Phi) is 5.65. The summed E-state index contributed by atoms with van der Waals surface area (Å²) in [7, 11) is 0. The molecule has 1 aromatic rings. The molecule has 0 unspecified atom stereocenters. The Morgan fingerprint density at radius 1 is 1.35 bits per heavy atom. The minimum atomic E-state index is -0.396. The summed E-state index contributed by atoms with van der Waals surface area (Å²) in [5.41, 5.74) is 2.67. The Labute approximate surface area is 108 Å². The van der Waals surface area contributed by atoms with Crippen molar-refractivity contribution in [1.29, 1.82) is 0 Å². The zero-order chi connectivity index (χ0) is 12.7. The number of rotatable bonds is 5. The van der Waals surface area contributed by atoms with E-state index in [-0.39, 0.29) is 12.5 Å². The monoisotopic (exact) mass is 300 g/mol. The van der Waals surface area contributed by atoms with Crippen LogP contribution in [0.15, 0.2) is 28.7 Å². The molecule has 0 heterocycles. The van der Waals surface area contributed by atoms with Gasteiger partial charge in [0.2, 0.25) is 0 Å². The smallest absolute Gasteiger partial charge is 0.262 e. The van der Waals surface area contributed by atoms with E-state index in [4.69, 9.17) is 4.84 Å². The summed E-state index contributed by atoms with van der Waals surface area (Å²) >= 11 is 3.26. The molecule has 0 aliphatic heterocycles. The predicted molar refractivity (Wildman–Crippen MR) is 66.2 cm³/mol. The Hall–Kier alpha value is -1.40. The fraction of sp³-hybridized carbons (Fsp3) is 0.273. The zero-order valence-corrected chi connectivity index (χ0v) is 10.9. The van der Waals surface area contributed by atoms with E-state index in [1.54, 1.807) is 25.1 Å². The van der Waals surface area contributed by atoms with Crippen LogP contribution in [0.5, 0.6) is 0 Å². The van der Waals surface area contributed by atoms with Crippen LogP contribution in [0.4, 0.5) is 0 Å². The van der Waals surface area contributed by atoms with Gasteiger partial charge in [-0.15, -0.1) is 0 Å². The molecule has 6 heteroatoms. The van der Waals surface area contributed by atoms with Crippen molar-refractivity contribution in [1.82, 2.24) is 10.8 Å². The average Bonchev–Trinajstić information content (AvgIpc) is 2.34. The Morgan fingerprint density at radius 3 is 2.71 bits per heavy atom. The van der Waals surface area contributed by atoms with Gasteiger partial charge in [-0.2, -0.15) is 0 Å². The lowest BCUT2D eigenvalue weighted by atomic mass is 10.2. The number of hydrogen-bond donors (Lipinski definition) is 2. The van der Waals surface area contributed by atoms with E-state index in [1.807, 2.05) is 6.07 Å². The van der Waals surface area contributed by atoms with Gasteiger partial charge in [0.1, 0.15) is 0 Å². The van der Waals surface area contributed by atoms with Crippen LogP contribution in [-0.2, 0) is 9.63 Å². The van der Waals surface area contributed by atoms with Gasteiger partial charge in [-0.25, -0.2) is 5.48 Å². The second-order valence-electron chi connectivity index (χ2n) is 3.12.